The van der Waals surface area contributed by atoms with Crippen LogP contribution in [-0.4, -0.2) is 35.0 Å². The van der Waals surface area contributed by atoms with Crippen LogP contribution in [0.2, 0.25) is 0 Å². The van der Waals surface area contributed by atoms with Crippen LogP contribution < -0.4 is 10.2 Å². The molecular weight excluding hydrogens is 336 g/mol. The van der Waals surface area contributed by atoms with E-state index >= 15 is 0 Å². The van der Waals surface area contributed by atoms with Crippen molar-refractivity contribution in [3.8, 4) is 11.1 Å². The monoisotopic (exact) mass is 364 g/mol. The first-order chi connectivity index (χ1) is 13.2. The van der Waals surface area contributed by atoms with Gasteiger partial charge < -0.3 is 10.2 Å². The van der Waals surface area contributed by atoms with E-state index in [1.807, 2.05) is 12.4 Å². The molecule has 1 N–H and O–H groups in total. The summed E-state index contributed by atoms with van der Waals surface area (Å²) >= 11 is 0. The Balaban J connectivity index is 1.40. The summed E-state index contributed by atoms with van der Waals surface area (Å²) in [5.41, 5.74) is 3.39. The number of aromatic nitrogens is 2. The molecule has 2 fully saturated rings. The van der Waals surface area contributed by atoms with Crippen LogP contribution in [0.4, 0.5) is 5.95 Å². The van der Waals surface area contributed by atoms with Crippen LogP contribution in [0.1, 0.15) is 44.1 Å². The normalized spacial score (nSPS) is 20.6. The molecule has 2 heterocycles. The molecule has 2 aromatic rings. The van der Waals surface area contributed by atoms with Gasteiger partial charge in [0.25, 0.3) is 0 Å². The van der Waals surface area contributed by atoms with Crippen LogP contribution in [0.5, 0.6) is 0 Å². The third kappa shape index (κ3) is 4.29. The maximum atomic E-state index is 12.6. The van der Waals surface area contributed by atoms with Crippen molar-refractivity contribution in [1.82, 2.24) is 15.3 Å². The summed E-state index contributed by atoms with van der Waals surface area (Å²) < 4.78 is 0. The standard InChI is InChI=1S/C22H28N4O/c1-16-8-10-17(11-9-16)19-13-23-22(24-14-19)26-12-4-5-18(15-26)21(27)25-20-6-2-3-7-20/h8-11,13-14,18,20H,2-7,12,15H2,1H3,(H,25,27)/t18-/m1/s1. The molecule has 0 radical (unpaired) electrons. The average molecular weight is 364 g/mol. The highest BCUT2D eigenvalue weighted by Gasteiger charge is 2.29. The van der Waals surface area contributed by atoms with Crippen molar-refractivity contribution in [2.45, 2.75) is 51.5 Å². The van der Waals surface area contributed by atoms with Gasteiger partial charge in [-0.05, 0) is 38.2 Å². The van der Waals surface area contributed by atoms with E-state index in [9.17, 15) is 4.79 Å². The molecule has 5 heteroatoms. The Kier molecular flexibility index (Phi) is 5.37. The Morgan fingerprint density at radius 1 is 1.00 bits per heavy atom. The number of rotatable bonds is 4. The lowest BCUT2D eigenvalue weighted by Gasteiger charge is -2.32. The second-order valence-corrected chi connectivity index (χ2v) is 7.91. The van der Waals surface area contributed by atoms with Gasteiger partial charge in [-0.25, -0.2) is 9.97 Å². The van der Waals surface area contributed by atoms with Crippen LogP contribution >= 0.6 is 0 Å². The van der Waals surface area contributed by atoms with E-state index in [4.69, 9.17) is 0 Å². The minimum absolute atomic E-state index is 0.0414. The number of hydrogen-bond donors (Lipinski definition) is 1. The fraction of sp³-hybridized carbons (Fsp3) is 0.500. The Bertz CT molecular complexity index is 766. The topological polar surface area (TPSA) is 58.1 Å². The first kappa shape index (κ1) is 18.0. The lowest BCUT2D eigenvalue weighted by Crippen LogP contribution is -2.45. The van der Waals surface area contributed by atoms with Gasteiger partial charge in [0.15, 0.2) is 0 Å². The Labute approximate surface area is 161 Å². The van der Waals surface area contributed by atoms with Gasteiger partial charge in [-0.15, -0.1) is 0 Å². The molecule has 2 aliphatic rings. The Hall–Kier alpha value is -2.43. The maximum absolute atomic E-state index is 12.6. The minimum atomic E-state index is 0.0414. The first-order valence-corrected chi connectivity index (χ1v) is 10.1. The van der Waals surface area contributed by atoms with Crippen molar-refractivity contribution < 1.29 is 4.79 Å². The highest BCUT2D eigenvalue weighted by Crippen LogP contribution is 2.24. The molecule has 27 heavy (non-hydrogen) atoms. The summed E-state index contributed by atoms with van der Waals surface area (Å²) in [6.45, 7) is 3.71. The lowest BCUT2D eigenvalue weighted by atomic mass is 9.97. The zero-order valence-corrected chi connectivity index (χ0v) is 16.0. The molecule has 0 unspecified atom stereocenters. The number of amides is 1. The second-order valence-electron chi connectivity index (χ2n) is 7.91. The van der Waals surface area contributed by atoms with Gasteiger partial charge in [-0.2, -0.15) is 0 Å². The third-order valence-corrected chi connectivity index (χ3v) is 5.80. The number of nitrogens with one attached hydrogen (secondary N) is 1. The molecule has 4 rings (SSSR count). The van der Waals surface area contributed by atoms with E-state index < -0.39 is 0 Å². The summed E-state index contributed by atoms with van der Waals surface area (Å²) in [5, 5.41) is 3.25. The van der Waals surface area contributed by atoms with E-state index in [1.165, 1.54) is 18.4 Å². The van der Waals surface area contributed by atoms with Crippen molar-refractivity contribution in [2.75, 3.05) is 18.0 Å². The van der Waals surface area contributed by atoms with Gasteiger partial charge in [-0.3, -0.25) is 4.79 Å². The zero-order valence-electron chi connectivity index (χ0n) is 16.0. The first-order valence-electron chi connectivity index (χ1n) is 10.1. The van der Waals surface area contributed by atoms with Gasteiger partial charge in [0.1, 0.15) is 0 Å². The lowest BCUT2D eigenvalue weighted by molar-refractivity contribution is -0.125. The SMILES string of the molecule is Cc1ccc(-c2cnc(N3CCC[C@@H](C(=O)NC4CCCC4)C3)nc2)cc1. The number of benzene rings is 1. The second kappa shape index (κ2) is 8.07. The smallest absolute Gasteiger partial charge is 0.225 e. The largest absolute Gasteiger partial charge is 0.353 e. The van der Waals surface area contributed by atoms with Crippen LogP contribution in [0, 0.1) is 12.8 Å². The molecule has 1 amide bonds. The Morgan fingerprint density at radius 2 is 1.70 bits per heavy atom. The van der Waals surface area contributed by atoms with Gasteiger partial charge in [-0.1, -0.05) is 42.7 Å². The molecular formula is C22H28N4O. The fourth-order valence-corrected chi connectivity index (χ4v) is 4.14. The molecule has 0 bridgehead atoms. The molecule has 142 valence electrons. The van der Waals surface area contributed by atoms with E-state index in [1.54, 1.807) is 0 Å². The van der Waals surface area contributed by atoms with Gasteiger partial charge in [0, 0.05) is 37.1 Å². The average Bonchev–Trinajstić information content (AvgIpc) is 3.22. The quantitative estimate of drug-likeness (QED) is 0.898. The molecule has 0 spiro atoms. The number of carbonyl (C=O) groups is 1. The molecule has 1 saturated heterocycles. The molecule has 1 atom stereocenters. The van der Waals surface area contributed by atoms with Crippen molar-refractivity contribution in [2.24, 2.45) is 5.92 Å². The molecule has 1 aromatic carbocycles. The number of aryl methyl sites for hydroxylation is 1. The summed E-state index contributed by atoms with van der Waals surface area (Å²) in [7, 11) is 0. The summed E-state index contributed by atoms with van der Waals surface area (Å²) in [5.74, 6) is 0.979. The summed E-state index contributed by atoms with van der Waals surface area (Å²) in [6.07, 6.45) is 10.5. The van der Waals surface area contributed by atoms with E-state index in [0.717, 1.165) is 49.3 Å². The van der Waals surface area contributed by atoms with Crippen molar-refractivity contribution in [1.29, 1.82) is 0 Å². The van der Waals surface area contributed by atoms with E-state index in [2.05, 4.69) is 51.4 Å². The van der Waals surface area contributed by atoms with E-state index in [-0.39, 0.29) is 11.8 Å². The van der Waals surface area contributed by atoms with Crippen molar-refractivity contribution >= 4 is 11.9 Å². The van der Waals surface area contributed by atoms with Crippen LogP contribution in [0.15, 0.2) is 36.7 Å². The van der Waals surface area contributed by atoms with Crippen molar-refractivity contribution in [3.05, 3.63) is 42.2 Å². The highest BCUT2D eigenvalue weighted by atomic mass is 16.2. The third-order valence-electron chi connectivity index (χ3n) is 5.80. The summed E-state index contributed by atoms with van der Waals surface area (Å²) in [6, 6.07) is 8.77. The van der Waals surface area contributed by atoms with Gasteiger partial charge in [0.05, 0.1) is 5.92 Å². The molecule has 1 aliphatic heterocycles. The van der Waals surface area contributed by atoms with Gasteiger partial charge in [0.2, 0.25) is 11.9 Å². The number of nitrogens with zero attached hydrogens (tertiary/aromatic N) is 3. The van der Waals surface area contributed by atoms with Crippen LogP contribution in [0.25, 0.3) is 11.1 Å². The zero-order chi connectivity index (χ0) is 18.6. The maximum Gasteiger partial charge on any atom is 0.225 e. The molecule has 1 saturated carbocycles. The number of hydrogen-bond acceptors (Lipinski definition) is 4. The number of carbonyl (C=O) groups excluding carboxylic acids is 1. The van der Waals surface area contributed by atoms with Crippen molar-refractivity contribution in [3.63, 3.8) is 0 Å². The van der Waals surface area contributed by atoms with Gasteiger partial charge >= 0.3 is 0 Å². The molecule has 5 nitrogen and oxygen atoms in total. The Morgan fingerprint density at radius 3 is 2.41 bits per heavy atom. The predicted octanol–water partition coefficient (Wildman–Crippen LogP) is 3.73. The number of piperidine rings is 1. The van der Waals surface area contributed by atoms with E-state index in [0.29, 0.717) is 12.6 Å². The molecule has 1 aliphatic carbocycles. The van der Waals surface area contributed by atoms with Crippen LogP contribution in [0.3, 0.4) is 0 Å². The van der Waals surface area contributed by atoms with Crippen LogP contribution in [-0.2, 0) is 4.79 Å². The summed E-state index contributed by atoms with van der Waals surface area (Å²) in [4.78, 5) is 23.9. The minimum Gasteiger partial charge on any atom is -0.353 e. The highest BCUT2D eigenvalue weighted by molar-refractivity contribution is 5.79. The number of anilines is 1. The fourth-order valence-electron chi connectivity index (χ4n) is 4.14. The molecule has 1 aromatic heterocycles. The predicted molar refractivity (Wildman–Crippen MR) is 108 cm³/mol.